The molecule has 3 aromatic rings. The summed E-state index contributed by atoms with van der Waals surface area (Å²) in [7, 11) is -3.75. The van der Waals surface area contributed by atoms with E-state index in [0.717, 1.165) is 22.3 Å². The Morgan fingerprint density at radius 2 is 1.50 bits per heavy atom. The van der Waals surface area contributed by atoms with Crippen LogP contribution in [0.3, 0.4) is 0 Å². The normalized spacial score (nSPS) is 10.9. The molecule has 0 aliphatic rings. The molecule has 0 saturated heterocycles. The van der Waals surface area contributed by atoms with Gasteiger partial charge in [0.25, 0.3) is 15.9 Å². The Labute approximate surface area is 205 Å². The molecule has 3 aromatic carbocycles. The fourth-order valence-electron chi connectivity index (χ4n) is 3.30. The fourth-order valence-corrected chi connectivity index (χ4v) is 4.57. The molecule has 0 atom stereocenters. The smallest absolute Gasteiger partial charge is 0.264 e. The van der Waals surface area contributed by atoms with E-state index in [-0.39, 0.29) is 16.6 Å². The SMILES string of the molecule is Cc1cc(C)cc(NS(=O)(=O)c2ccc(NC(=S)NC(=O)COc3cc(C)ccc3C)cc2)c1. The summed E-state index contributed by atoms with van der Waals surface area (Å²) in [5.74, 6) is 0.232. The summed E-state index contributed by atoms with van der Waals surface area (Å²) in [5, 5.41) is 5.49. The van der Waals surface area contributed by atoms with Gasteiger partial charge in [-0.15, -0.1) is 0 Å². The summed E-state index contributed by atoms with van der Waals surface area (Å²) >= 11 is 5.18. The third kappa shape index (κ3) is 7.03. The van der Waals surface area contributed by atoms with Crippen LogP contribution in [0.25, 0.3) is 0 Å². The van der Waals surface area contributed by atoms with Crippen LogP contribution >= 0.6 is 12.2 Å². The van der Waals surface area contributed by atoms with E-state index in [1.165, 1.54) is 12.1 Å². The number of anilines is 2. The first-order valence-electron chi connectivity index (χ1n) is 10.5. The van der Waals surface area contributed by atoms with Crippen LogP contribution in [0, 0.1) is 27.7 Å². The molecule has 0 spiro atoms. The van der Waals surface area contributed by atoms with Gasteiger partial charge in [-0.05, 0) is 105 Å². The van der Waals surface area contributed by atoms with Crippen LogP contribution in [-0.2, 0) is 14.8 Å². The molecule has 9 heteroatoms. The number of carbonyl (C=O) groups is 1. The van der Waals surface area contributed by atoms with Gasteiger partial charge in [0.15, 0.2) is 11.7 Å². The van der Waals surface area contributed by atoms with Crippen LogP contribution in [0.15, 0.2) is 65.6 Å². The zero-order valence-electron chi connectivity index (χ0n) is 19.4. The van der Waals surface area contributed by atoms with Gasteiger partial charge in [-0.3, -0.25) is 14.8 Å². The molecule has 0 aliphatic heterocycles. The lowest BCUT2D eigenvalue weighted by atomic mass is 10.1. The van der Waals surface area contributed by atoms with Gasteiger partial charge < -0.3 is 10.1 Å². The summed E-state index contributed by atoms with van der Waals surface area (Å²) in [6.45, 7) is 7.47. The standard InChI is InChI=1S/C25H27N3O4S2/c1-16-5-6-19(4)23(14-16)32-15-24(29)27-25(33)26-20-7-9-22(10-8-20)34(30,31)28-21-12-17(2)11-18(3)13-21/h5-14,28H,15H2,1-4H3,(H2,26,27,29,33). The molecule has 34 heavy (non-hydrogen) atoms. The van der Waals surface area contributed by atoms with Gasteiger partial charge in [0.1, 0.15) is 5.75 Å². The Morgan fingerprint density at radius 1 is 0.853 bits per heavy atom. The Balaban J connectivity index is 1.55. The molecule has 0 aromatic heterocycles. The van der Waals surface area contributed by atoms with Crippen LogP contribution in [0.4, 0.5) is 11.4 Å². The molecule has 0 radical (unpaired) electrons. The van der Waals surface area contributed by atoms with Crippen molar-refractivity contribution in [2.24, 2.45) is 0 Å². The molecule has 0 fully saturated rings. The summed E-state index contributed by atoms with van der Waals surface area (Å²) < 4.78 is 33.6. The van der Waals surface area contributed by atoms with E-state index in [4.69, 9.17) is 17.0 Å². The number of ether oxygens (including phenoxy) is 1. The number of rotatable bonds is 7. The molecule has 3 N–H and O–H groups in total. The summed E-state index contributed by atoms with van der Waals surface area (Å²) in [6, 6.07) is 17.3. The molecule has 0 unspecified atom stereocenters. The molecule has 0 bridgehead atoms. The predicted molar refractivity (Wildman–Crippen MR) is 139 cm³/mol. The van der Waals surface area contributed by atoms with Crippen molar-refractivity contribution in [3.8, 4) is 5.75 Å². The van der Waals surface area contributed by atoms with Crippen molar-refractivity contribution in [2.45, 2.75) is 32.6 Å². The van der Waals surface area contributed by atoms with E-state index >= 15 is 0 Å². The maximum absolute atomic E-state index is 12.7. The highest BCUT2D eigenvalue weighted by Gasteiger charge is 2.15. The number of sulfonamides is 1. The second kappa shape index (κ2) is 10.7. The van der Waals surface area contributed by atoms with Crippen LogP contribution < -0.4 is 20.1 Å². The van der Waals surface area contributed by atoms with Crippen molar-refractivity contribution in [1.29, 1.82) is 0 Å². The van der Waals surface area contributed by atoms with Gasteiger partial charge in [0, 0.05) is 11.4 Å². The van der Waals surface area contributed by atoms with Crippen molar-refractivity contribution in [3.63, 3.8) is 0 Å². The molecule has 0 heterocycles. The van der Waals surface area contributed by atoms with Gasteiger partial charge in [0.05, 0.1) is 4.90 Å². The first kappa shape index (κ1) is 25.2. The molecule has 1 amide bonds. The third-order valence-corrected chi connectivity index (χ3v) is 6.45. The zero-order chi connectivity index (χ0) is 24.9. The van der Waals surface area contributed by atoms with Crippen molar-refractivity contribution >= 4 is 44.6 Å². The van der Waals surface area contributed by atoms with E-state index in [2.05, 4.69) is 15.4 Å². The summed E-state index contributed by atoms with van der Waals surface area (Å²) in [4.78, 5) is 12.3. The van der Waals surface area contributed by atoms with E-state index < -0.39 is 15.9 Å². The molecule has 7 nitrogen and oxygen atoms in total. The van der Waals surface area contributed by atoms with Gasteiger partial charge in [-0.25, -0.2) is 8.42 Å². The second-order valence-electron chi connectivity index (χ2n) is 8.07. The number of aryl methyl sites for hydroxylation is 4. The molecular weight excluding hydrogens is 470 g/mol. The number of nitrogens with one attached hydrogen (secondary N) is 3. The number of carbonyl (C=O) groups excluding carboxylic acids is 1. The maximum atomic E-state index is 12.7. The molecule has 178 valence electrons. The quantitative estimate of drug-likeness (QED) is 0.413. The first-order valence-corrected chi connectivity index (χ1v) is 12.4. The summed E-state index contributed by atoms with van der Waals surface area (Å²) in [5.41, 5.74) is 4.94. The van der Waals surface area contributed by atoms with E-state index in [9.17, 15) is 13.2 Å². The zero-order valence-corrected chi connectivity index (χ0v) is 21.1. The van der Waals surface area contributed by atoms with Crippen molar-refractivity contribution in [2.75, 3.05) is 16.6 Å². The molecule has 3 rings (SSSR count). The third-order valence-electron chi connectivity index (χ3n) is 4.85. The number of benzene rings is 3. The largest absolute Gasteiger partial charge is 0.483 e. The molecular formula is C25H27N3O4S2. The highest BCUT2D eigenvalue weighted by atomic mass is 32.2. The summed E-state index contributed by atoms with van der Waals surface area (Å²) in [6.07, 6.45) is 0. The van der Waals surface area contributed by atoms with Gasteiger partial charge in [-0.2, -0.15) is 0 Å². The highest BCUT2D eigenvalue weighted by molar-refractivity contribution is 7.92. The van der Waals surface area contributed by atoms with Gasteiger partial charge >= 0.3 is 0 Å². The molecule has 0 aliphatic carbocycles. The second-order valence-corrected chi connectivity index (χ2v) is 10.2. The first-order chi connectivity index (χ1) is 16.0. The Bertz CT molecular complexity index is 1300. The topological polar surface area (TPSA) is 96.5 Å². The highest BCUT2D eigenvalue weighted by Crippen LogP contribution is 2.21. The Morgan fingerprint density at radius 3 is 2.15 bits per heavy atom. The van der Waals surface area contributed by atoms with Crippen molar-refractivity contribution in [1.82, 2.24) is 5.32 Å². The van der Waals surface area contributed by atoms with E-state index in [1.807, 2.05) is 52.0 Å². The lowest BCUT2D eigenvalue weighted by Gasteiger charge is -2.13. The monoisotopic (exact) mass is 497 g/mol. The van der Waals surface area contributed by atoms with E-state index in [1.54, 1.807) is 24.3 Å². The molecule has 0 saturated carbocycles. The van der Waals surface area contributed by atoms with Crippen molar-refractivity contribution < 1.29 is 17.9 Å². The minimum Gasteiger partial charge on any atom is -0.483 e. The Hall–Kier alpha value is -3.43. The minimum atomic E-state index is -3.75. The lowest BCUT2D eigenvalue weighted by molar-refractivity contribution is -0.121. The minimum absolute atomic E-state index is 0.0820. The van der Waals surface area contributed by atoms with Crippen LogP contribution in [0.5, 0.6) is 5.75 Å². The number of amides is 1. The number of hydrogen-bond acceptors (Lipinski definition) is 5. The van der Waals surface area contributed by atoms with Crippen molar-refractivity contribution in [3.05, 3.63) is 82.9 Å². The van der Waals surface area contributed by atoms with E-state index in [0.29, 0.717) is 17.1 Å². The van der Waals surface area contributed by atoms with Crippen LogP contribution in [0.1, 0.15) is 22.3 Å². The van der Waals surface area contributed by atoms with Gasteiger partial charge in [0.2, 0.25) is 0 Å². The van der Waals surface area contributed by atoms with Gasteiger partial charge in [-0.1, -0.05) is 18.2 Å². The van der Waals surface area contributed by atoms with Crippen LogP contribution in [0.2, 0.25) is 0 Å². The fraction of sp³-hybridized carbons (Fsp3) is 0.200. The maximum Gasteiger partial charge on any atom is 0.264 e. The van der Waals surface area contributed by atoms with Crippen LogP contribution in [-0.4, -0.2) is 26.0 Å². The predicted octanol–water partition coefficient (Wildman–Crippen LogP) is 4.61. The lowest BCUT2D eigenvalue weighted by Crippen LogP contribution is -2.37. The number of hydrogen-bond donors (Lipinski definition) is 3. The Kier molecular flexibility index (Phi) is 7.90. The average Bonchev–Trinajstić information content (AvgIpc) is 2.73. The number of thiocarbonyl (C=S) groups is 1. The average molecular weight is 498 g/mol.